The third kappa shape index (κ3) is 3.06. The largest absolute Gasteiger partial charge is 0.388 e. The quantitative estimate of drug-likeness (QED) is 0.860. The minimum atomic E-state index is -0.544. The minimum Gasteiger partial charge on any atom is -0.388 e. The predicted octanol–water partition coefficient (Wildman–Crippen LogP) is 2.10. The van der Waals surface area contributed by atoms with Crippen molar-refractivity contribution < 1.29 is 9.90 Å². The van der Waals surface area contributed by atoms with Crippen LogP contribution in [-0.4, -0.2) is 29.0 Å². The Labute approximate surface area is 103 Å². The highest BCUT2D eigenvalue weighted by Gasteiger charge is 2.24. The molecule has 1 heterocycles. The fourth-order valence-electron chi connectivity index (χ4n) is 1.57. The molecule has 1 N–H and O–H groups in total. The van der Waals surface area contributed by atoms with Crippen molar-refractivity contribution in [2.75, 3.05) is 13.1 Å². The molecule has 1 atom stereocenters. The van der Waals surface area contributed by atoms with Gasteiger partial charge in [-0.05, 0) is 24.1 Å². The molecule has 16 heavy (non-hydrogen) atoms. The van der Waals surface area contributed by atoms with Gasteiger partial charge < -0.3 is 10.0 Å². The molecule has 1 amide bonds. The van der Waals surface area contributed by atoms with Crippen molar-refractivity contribution in [2.24, 2.45) is 0 Å². The van der Waals surface area contributed by atoms with Crippen molar-refractivity contribution >= 4 is 21.8 Å². The topological polar surface area (TPSA) is 40.3 Å². The average molecular weight is 284 g/mol. The Kier molecular flexibility index (Phi) is 3.61. The Balaban J connectivity index is 1.84. The molecule has 1 unspecified atom stereocenters. The van der Waals surface area contributed by atoms with E-state index in [0.717, 1.165) is 23.1 Å². The van der Waals surface area contributed by atoms with Crippen LogP contribution in [0.2, 0.25) is 0 Å². The summed E-state index contributed by atoms with van der Waals surface area (Å²) < 4.78 is 0.989. The lowest BCUT2D eigenvalue weighted by molar-refractivity contribution is -0.126. The second-order valence-electron chi connectivity index (χ2n) is 3.99. The Hall–Kier alpha value is -0.870. The van der Waals surface area contributed by atoms with E-state index in [0.29, 0.717) is 12.8 Å². The van der Waals surface area contributed by atoms with Crippen LogP contribution in [0.4, 0.5) is 0 Å². The lowest BCUT2D eigenvalue weighted by atomic mass is 10.1. The maximum atomic E-state index is 11.4. The van der Waals surface area contributed by atoms with E-state index in [1.807, 2.05) is 24.3 Å². The molecule has 1 aromatic carbocycles. The Morgan fingerprint density at radius 3 is 2.56 bits per heavy atom. The zero-order valence-corrected chi connectivity index (χ0v) is 10.5. The highest BCUT2D eigenvalue weighted by molar-refractivity contribution is 9.10. The summed E-state index contributed by atoms with van der Waals surface area (Å²) in [6.45, 7) is 1.76. The molecule has 1 saturated heterocycles. The van der Waals surface area contributed by atoms with Gasteiger partial charge in [0.25, 0.3) is 0 Å². The Bertz CT molecular complexity index is 373. The molecule has 1 fully saturated rings. The number of aliphatic hydroxyl groups excluding tert-OH is 1. The van der Waals surface area contributed by atoms with Crippen LogP contribution in [0.15, 0.2) is 28.7 Å². The van der Waals surface area contributed by atoms with Crippen molar-refractivity contribution in [1.82, 2.24) is 4.90 Å². The van der Waals surface area contributed by atoms with Gasteiger partial charge in [-0.2, -0.15) is 0 Å². The van der Waals surface area contributed by atoms with Crippen LogP contribution in [0.3, 0.4) is 0 Å². The molecular formula is C12H14BrNO2. The lowest BCUT2D eigenvalue weighted by Gasteiger charge is -2.10. The van der Waals surface area contributed by atoms with Crippen LogP contribution in [0.5, 0.6) is 0 Å². The third-order valence-corrected chi connectivity index (χ3v) is 3.22. The molecule has 0 aromatic heterocycles. The molecular weight excluding hydrogens is 270 g/mol. The Morgan fingerprint density at radius 1 is 1.38 bits per heavy atom. The van der Waals surface area contributed by atoms with Crippen LogP contribution in [0.25, 0.3) is 0 Å². The zero-order chi connectivity index (χ0) is 11.5. The van der Waals surface area contributed by atoms with E-state index in [-0.39, 0.29) is 5.91 Å². The summed E-state index contributed by atoms with van der Waals surface area (Å²) in [6, 6.07) is 7.53. The predicted molar refractivity (Wildman–Crippen MR) is 64.9 cm³/mol. The second-order valence-corrected chi connectivity index (χ2v) is 4.90. The molecule has 1 aromatic rings. The molecule has 0 saturated carbocycles. The number of nitrogens with zero attached hydrogens (tertiary/aromatic N) is 1. The summed E-state index contributed by atoms with van der Waals surface area (Å²) in [5.41, 5.74) is 0.863. The number of amides is 1. The standard InChI is InChI=1S/C12H14BrNO2/c13-10-3-1-9(2-4-10)11(15)5-6-12(16)14-7-8-14/h1-4,11,15H,5-8H2. The number of aliphatic hydroxyl groups is 1. The van der Waals surface area contributed by atoms with E-state index in [1.54, 1.807) is 4.90 Å². The maximum absolute atomic E-state index is 11.4. The van der Waals surface area contributed by atoms with Crippen molar-refractivity contribution in [1.29, 1.82) is 0 Å². The molecule has 1 aliphatic heterocycles. The fraction of sp³-hybridized carbons (Fsp3) is 0.417. The van der Waals surface area contributed by atoms with Gasteiger partial charge in [0, 0.05) is 24.0 Å². The van der Waals surface area contributed by atoms with Gasteiger partial charge in [0.1, 0.15) is 0 Å². The number of carbonyl (C=O) groups is 1. The number of rotatable bonds is 4. The normalized spacial score (nSPS) is 16.0. The summed E-state index contributed by atoms with van der Waals surface area (Å²) in [6.07, 6.45) is 0.380. The number of carbonyl (C=O) groups excluding carboxylic acids is 1. The van der Waals surface area contributed by atoms with Gasteiger partial charge in [-0.15, -0.1) is 0 Å². The summed E-state index contributed by atoms with van der Waals surface area (Å²) in [5.74, 6) is 0.149. The molecule has 0 spiro atoms. The third-order valence-electron chi connectivity index (χ3n) is 2.69. The van der Waals surface area contributed by atoms with Crippen molar-refractivity contribution in [3.63, 3.8) is 0 Å². The molecule has 4 heteroatoms. The molecule has 86 valence electrons. The van der Waals surface area contributed by atoms with E-state index >= 15 is 0 Å². The Morgan fingerprint density at radius 2 is 2.00 bits per heavy atom. The van der Waals surface area contributed by atoms with Crippen LogP contribution in [0, 0.1) is 0 Å². The maximum Gasteiger partial charge on any atom is 0.222 e. The van der Waals surface area contributed by atoms with Crippen molar-refractivity contribution in [3.8, 4) is 0 Å². The number of hydrogen-bond acceptors (Lipinski definition) is 2. The van der Waals surface area contributed by atoms with Gasteiger partial charge in [0.15, 0.2) is 0 Å². The fourth-order valence-corrected chi connectivity index (χ4v) is 1.83. The zero-order valence-electron chi connectivity index (χ0n) is 8.90. The monoisotopic (exact) mass is 283 g/mol. The smallest absolute Gasteiger partial charge is 0.222 e. The highest BCUT2D eigenvalue weighted by atomic mass is 79.9. The first kappa shape index (κ1) is 11.6. The van der Waals surface area contributed by atoms with E-state index < -0.39 is 6.10 Å². The van der Waals surface area contributed by atoms with E-state index in [4.69, 9.17) is 0 Å². The molecule has 0 aliphatic carbocycles. The second kappa shape index (κ2) is 4.97. The van der Waals surface area contributed by atoms with Crippen LogP contribution < -0.4 is 0 Å². The number of hydrogen-bond donors (Lipinski definition) is 1. The number of benzene rings is 1. The highest BCUT2D eigenvalue weighted by Crippen LogP contribution is 2.21. The summed E-state index contributed by atoms with van der Waals surface area (Å²) in [4.78, 5) is 13.2. The molecule has 2 rings (SSSR count). The van der Waals surface area contributed by atoms with E-state index in [9.17, 15) is 9.90 Å². The van der Waals surface area contributed by atoms with Crippen LogP contribution in [-0.2, 0) is 4.79 Å². The lowest BCUT2D eigenvalue weighted by Crippen LogP contribution is -2.11. The van der Waals surface area contributed by atoms with Gasteiger partial charge >= 0.3 is 0 Å². The van der Waals surface area contributed by atoms with Gasteiger partial charge in [0.05, 0.1) is 6.10 Å². The molecule has 3 nitrogen and oxygen atoms in total. The first-order valence-electron chi connectivity index (χ1n) is 5.38. The summed E-state index contributed by atoms with van der Waals surface area (Å²) >= 11 is 3.34. The molecule has 0 radical (unpaired) electrons. The van der Waals surface area contributed by atoms with E-state index in [2.05, 4.69) is 15.9 Å². The van der Waals surface area contributed by atoms with Gasteiger partial charge in [-0.25, -0.2) is 0 Å². The van der Waals surface area contributed by atoms with Crippen molar-refractivity contribution in [2.45, 2.75) is 18.9 Å². The molecule has 1 aliphatic rings. The first-order valence-corrected chi connectivity index (χ1v) is 6.17. The summed E-state index contributed by atoms with van der Waals surface area (Å²) in [5, 5.41) is 9.88. The first-order chi connectivity index (χ1) is 7.66. The van der Waals surface area contributed by atoms with Gasteiger partial charge in [-0.3, -0.25) is 4.79 Å². The molecule has 0 bridgehead atoms. The summed E-state index contributed by atoms with van der Waals surface area (Å²) in [7, 11) is 0. The van der Waals surface area contributed by atoms with Gasteiger partial charge in [-0.1, -0.05) is 28.1 Å². The van der Waals surface area contributed by atoms with Crippen LogP contribution in [0.1, 0.15) is 24.5 Å². The number of halogens is 1. The minimum absolute atomic E-state index is 0.149. The van der Waals surface area contributed by atoms with Crippen LogP contribution >= 0.6 is 15.9 Å². The van der Waals surface area contributed by atoms with E-state index in [1.165, 1.54) is 0 Å². The SMILES string of the molecule is O=C(CCC(O)c1ccc(Br)cc1)N1CC1. The average Bonchev–Trinajstić information content (AvgIpc) is 3.10. The van der Waals surface area contributed by atoms with Crippen molar-refractivity contribution in [3.05, 3.63) is 34.3 Å². The van der Waals surface area contributed by atoms with Gasteiger partial charge in [0.2, 0.25) is 5.91 Å².